The summed E-state index contributed by atoms with van der Waals surface area (Å²) in [5.74, 6) is -0.177. The predicted molar refractivity (Wildman–Crippen MR) is 80.4 cm³/mol. The minimum atomic E-state index is -0.268. The standard InChI is InChI=1S/C16H24FN3/c1-12(18)16-14(17)6-4-7-15(16)20-10-9-19-8-3-2-5-13(19)11-20/h4,6-7,12-13H,2-3,5,8-11,18H2,1H3/t12-,13?/m0/s1. The molecule has 2 fully saturated rings. The lowest BCUT2D eigenvalue weighted by Crippen LogP contribution is -2.55. The number of hydrogen-bond acceptors (Lipinski definition) is 3. The molecule has 0 spiro atoms. The van der Waals surface area contributed by atoms with Gasteiger partial charge in [0.05, 0.1) is 0 Å². The molecule has 20 heavy (non-hydrogen) atoms. The first-order valence-electron chi connectivity index (χ1n) is 7.70. The van der Waals surface area contributed by atoms with Crippen molar-refractivity contribution in [3.63, 3.8) is 0 Å². The van der Waals surface area contributed by atoms with E-state index >= 15 is 0 Å². The van der Waals surface area contributed by atoms with Crippen LogP contribution in [0.4, 0.5) is 10.1 Å². The highest BCUT2D eigenvalue weighted by molar-refractivity contribution is 5.56. The van der Waals surface area contributed by atoms with Crippen LogP contribution in [0.2, 0.25) is 0 Å². The average molecular weight is 277 g/mol. The Kier molecular flexibility index (Phi) is 3.94. The first kappa shape index (κ1) is 13.8. The first-order chi connectivity index (χ1) is 9.66. The Labute approximate surface area is 120 Å². The second-order valence-corrected chi connectivity index (χ2v) is 6.09. The highest BCUT2D eigenvalue weighted by atomic mass is 19.1. The molecule has 0 saturated carbocycles. The number of rotatable bonds is 2. The Morgan fingerprint density at radius 2 is 2.10 bits per heavy atom. The van der Waals surface area contributed by atoms with E-state index in [9.17, 15) is 4.39 Å². The summed E-state index contributed by atoms with van der Waals surface area (Å²) in [7, 11) is 0. The third-order valence-electron chi connectivity index (χ3n) is 4.66. The van der Waals surface area contributed by atoms with Crippen molar-refractivity contribution in [2.45, 2.75) is 38.3 Å². The maximum Gasteiger partial charge on any atom is 0.130 e. The fourth-order valence-corrected chi connectivity index (χ4v) is 3.63. The lowest BCUT2D eigenvalue weighted by Gasteiger charge is -2.45. The molecule has 0 aromatic heterocycles. The van der Waals surface area contributed by atoms with Crippen LogP contribution in [0.1, 0.15) is 37.8 Å². The van der Waals surface area contributed by atoms with E-state index in [4.69, 9.17) is 5.73 Å². The van der Waals surface area contributed by atoms with Gasteiger partial charge in [0.15, 0.2) is 0 Å². The number of nitrogens with two attached hydrogens (primary N) is 1. The van der Waals surface area contributed by atoms with E-state index in [2.05, 4.69) is 9.80 Å². The summed E-state index contributed by atoms with van der Waals surface area (Å²) < 4.78 is 14.1. The van der Waals surface area contributed by atoms with Crippen LogP contribution in [0.3, 0.4) is 0 Å². The van der Waals surface area contributed by atoms with E-state index in [-0.39, 0.29) is 11.9 Å². The fourth-order valence-electron chi connectivity index (χ4n) is 3.63. The van der Waals surface area contributed by atoms with Gasteiger partial charge in [-0.05, 0) is 38.4 Å². The van der Waals surface area contributed by atoms with Crippen molar-refractivity contribution in [1.82, 2.24) is 4.90 Å². The second-order valence-electron chi connectivity index (χ2n) is 6.09. The number of benzene rings is 1. The molecule has 2 aliphatic heterocycles. The van der Waals surface area contributed by atoms with E-state index in [1.807, 2.05) is 13.0 Å². The molecule has 0 bridgehead atoms. The fraction of sp³-hybridized carbons (Fsp3) is 0.625. The lowest BCUT2D eigenvalue weighted by atomic mass is 9.97. The number of halogens is 1. The second kappa shape index (κ2) is 5.70. The molecule has 0 amide bonds. The summed E-state index contributed by atoms with van der Waals surface area (Å²) in [4.78, 5) is 4.92. The van der Waals surface area contributed by atoms with E-state index < -0.39 is 0 Å². The first-order valence-corrected chi connectivity index (χ1v) is 7.70. The van der Waals surface area contributed by atoms with Crippen molar-refractivity contribution >= 4 is 5.69 Å². The van der Waals surface area contributed by atoms with Crippen molar-refractivity contribution in [1.29, 1.82) is 0 Å². The molecule has 1 aromatic carbocycles. The van der Waals surface area contributed by atoms with E-state index in [0.29, 0.717) is 11.6 Å². The van der Waals surface area contributed by atoms with E-state index in [0.717, 1.165) is 25.3 Å². The highest BCUT2D eigenvalue weighted by Crippen LogP contribution is 2.31. The van der Waals surface area contributed by atoms with Crippen LogP contribution in [-0.4, -0.2) is 37.1 Å². The summed E-state index contributed by atoms with van der Waals surface area (Å²) in [6.45, 7) is 6.14. The largest absolute Gasteiger partial charge is 0.368 e. The van der Waals surface area contributed by atoms with Crippen LogP contribution in [-0.2, 0) is 0 Å². The third kappa shape index (κ3) is 2.54. The third-order valence-corrected chi connectivity index (χ3v) is 4.66. The van der Waals surface area contributed by atoms with E-state index in [1.165, 1.54) is 31.9 Å². The lowest BCUT2D eigenvalue weighted by molar-refractivity contribution is 0.133. The van der Waals surface area contributed by atoms with Gasteiger partial charge in [0.1, 0.15) is 5.82 Å². The molecule has 2 saturated heterocycles. The van der Waals surface area contributed by atoms with E-state index in [1.54, 1.807) is 6.07 Å². The number of piperidine rings is 1. The van der Waals surface area contributed by atoms with Crippen LogP contribution >= 0.6 is 0 Å². The van der Waals surface area contributed by atoms with Crippen LogP contribution in [0, 0.1) is 5.82 Å². The molecule has 2 heterocycles. The van der Waals surface area contributed by atoms with Crippen LogP contribution in [0.5, 0.6) is 0 Å². The zero-order valence-electron chi connectivity index (χ0n) is 12.2. The van der Waals surface area contributed by atoms with Gasteiger partial charge < -0.3 is 10.6 Å². The molecule has 2 aliphatic rings. The van der Waals surface area contributed by atoms with Gasteiger partial charge in [0.25, 0.3) is 0 Å². The van der Waals surface area contributed by atoms with Crippen molar-refractivity contribution in [2.75, 3.05) is 31.1 Å². The molecule has 3 rings (SSSR count). The molecular weight excluding hydrogens is 253 g/mol. The minimum absolute atomic E-state index is 0.177. The molecule has 1 aromatic rings. The summed E-state index contributed by atoms with van der Waals surface area (Å²) in [6.07, 6.45) is 3.90. The molecule has 110 valence electrons. The molecule has 2 N–H and O–H groups in total. The summed E-state index contributed by atoms with van der Waals surface area (Å²) in [5, 5.41) is 0. The van der Waals surface area contributed by atoms with Gasteiger partial charge in [-0.15, -0.1) is 0 Å². The molecule has 4 heteroatoms. The van der Waals surface area contributed by atoms with Gasteiger partial charge in [-0.2, -0.15) is 0 Å². The SMILES string of the molecule is C[C@H](N)c1c(F)cccc1N1CCN2CCCCC2C1. The Morgan fingerprint density at radius 1 is 1.25 bits per heavy atom. The topological polar surface area (TPSA) is 32.5 Å². The van der Waals surface area contributed by atoms with Gasteiger partial charge >= 0.3 is 0 Å². The average Bonchev–Trinajstić information content (AvgIpc) is 2.46. The monoisotopic (exact) mass is 277 g/mol. The highest BCUT2D eigenvalue weighted by Gasteiger charge is 2.30. The number of anilines is 1. The number of piperazine rings is 1. The molecule has 1 unspecified atom stereocenters. The van der Waals surface area contributed by atoms with Gasteiger partial charge in [0.2, 0.25) is 0 Å². The summed E-state index contributed by atoms with van der Waals surface area (Å²) in [6, 6.07) is 5.68. The van der Waals surface area contributed by atoms with Crippen molar-refractivity contribution in [3.05, 3.63) is 29.6 Å². The quantitative estimate of drug-likeness (QED) is 0.901. The predicted octanol–water partition coefficient (Wildman–Crippen LogP) is 2.52. The van der Waals surface area contributed by atoms with Gasteiger partial charge in [-0.25, -0.2) is 4.39 Å². The molecule has 2 atom stereocenters. The van der Waals surface area contributed by atoms with Crippen molar-refractivity contribution in [2.24, 2.45) is 5.73 Å². The number of nitrogens with zero attached hydrogens (tertiary/aromatic N) is 2. The molecule has 0 aliphatic carbocycles. The van der Waals surface area contributed by atoms with Crippen LogP contribution in [0.25, 0.3) is 0 Å². The molecule has 0 radical (unpaired) electrons. The number of hydrogen-bond donors (Lipinski definition) is 1. The number of fused-ring (bicyclic) bond motifs is 1. The Hall–Kier alpha value is -1.13. The van der Waals surface area contributed by atoms with Gasteiger partial charge in [-0.1, -0.05) is 12.5 Å². The zero-order valence-corrected chi connectivity index (χ0v) is 12.2. The maximum absolute atomic E-state index is 14.1. The van der Waals surface area contributed by atoms with Gasteiger partial charge in [-0.3, -0.25) is 4.90 Å². The zero-order chi connectivity index (χ0) is 14.1. The Morgan fingerprint density at radius 3 is 2.90 bits per heavy atom. The Balaban J connectivity index is 1.84. The normalized spacial score (nSPS) is 25.4. The summed E-state index contributed by atoms with van der Waals surface area (Å²) in [5.41, 5.74) is 7.63. The van der Waals surface area contributed by atoms with Crippen LogP contribution in [0.15, 0.2) is 18.2 Å². The Bertz CT molecular complexity index is 475. The van der Waals surface area contributed by atoms with Crippen molar-refractivity contribution < 1.29 is 4.39 Å². The maximum atomic E-state index is 14.1. The van der Waals surface area contributed by atoms with Crippen LogP contribution < -0.4 is 10.6 Å². The van der Waals surface area contributed by atoms with Gasteiger partial charge in [0, 0.05) is 43.0 Å². The minimum Gasteiger partial charge on any atom is -0.368 e. The molecule has 3 nitrogen and oxygen atoms in total. The van der Waals surface area contributed by atoms with Crippen molar-refractivity contribution in [3.8, 4) is 0 Å². The summed E-state index contributed by atoms with van der Waals surface area (Å²) >= 11 is 0. The smallest absolute Gasteiger partial charge is 0.130 e. The molecular formula is C16H24FN3.